The number of benzene rings is 2. The monoisotopic (exact) mass is 528 g/mol. The van der Waals surface area contributed by atoms with Crippen LogP contribution in [0.15, 0.2) is 70.0 Å². The van der Waals surface area contributed by atoms with Gasteiger partial charge in [0, 0.05) is 32.2 Å². The predicted octanol–water partition coefficient (Wildman–Crippen LogP) is 4.24. The summed E-state index contributed by atoms with van der Waals surface area (Å²) in [6.45, 7) is 3.16. The lowest BCUT2D eigenvalue weighted by atomic mass is 10.2. The first-order chi connectivity index (χ1) is 18.6. The Bertz CT molecular complexity index is 1490. The SMILES string of the molecule is O=C1NC(=O)/C(=C/c2cc(OCc3ccccc3)nc(N3CCCN(c4nc5ccccc5o4)CC3)n2)S1. The highest BCUT2D eigenvalue weighted by molar-refractivity contribution is 8.18. The van der Waals surface area contributed by atoms with E-state index in [-0.39, 0.29) is 4.91 Å². The van der Waals surface area contributed by atoms with Crippen molar-refractivity contribution in [3.05, 3.63) is 76.8 Å². The van der Waals surface area contributed by atoms with E-state index >= 15 is 0 Å². The number of fused-ring (bicyclic) bond motifs is 1. The standard InChI is InChI=1S/C27H24N6O4S/c34-24-22(38-27(35)31-24)15-19-16-23(36-17-18-7-2-1-3-8-18)30-25(28-19)32-11-6-12-33(14-13-32)26-29-20-9-4-5-10-21(20)37-26/h1-5,7-10,15-16H,6,11-14,17H2,(H,31,34,35)/b22-15-. The smallest absolute Gasteiger partial charge is 0.298 e. The van der Waals surface area contributed by atoms with E-state index < -0.39 is 11.1 Å². The summed E-state index contributed by atoms with van der Waals surface area (Å²) in [6.07, 6.45) is 2.44. The van der Waals surface area contributed by atoms with Gasteiger partial charge in [-0.05, 0) is 42.0 Å². The zero-order valence-corrected chi connectivity index (χ0v) is 21.2. The molecule has 2 amide bonds. The summed E-state index contributed by atoms with van der Waals surface area (Å²) in [7, 11) is 0. The molecule has 2 aromatic heterocycles. The van der Waals surface area contributed by atoms with Crippen LogP contribution in [0.25, 0.3) is 17.2 Å². The molecule has 4 heterocycles. The number of carbonyl (C=O) groups is 2. The van der Waals surface area contributed by atoms with Crippen molar-refractivity contribution in [3.8, 4) is 5.88 Å². The first kappa shape index (κ1) is 24.0. The molecule has 11 heteroatoms. The molecule has 0 atom stereocenters. The molecule has 0 unspecified atom stereocenters. The number of oxazole rings is 1. The number of imide groups is 1. The number of nitrogens with zero attached hydrogens (tertiary/aromatic N) is 5. The molecule has 2 fully saturated rings. The van der Waals surface area contributed by atoms with Gasteiger partial charge in [-0.25, -0.2) is 4.98 Å². The average molecular weight is 529 g/mol. The van der Waals surface area contributed by atoms with Gasteiger partial charge in [-0.2, -0.15) is 9.97 Å². The van der Waals surface area contributed by atoms with E-state index in [9.17, 15) is 9.59 Å². The maximum absolute atomic E-state index is 12.1. The fraction of sp³-hybridized carbons (Fsp3) is 0.222. The summed E-state index contributed by atoms with van der Waals surface area (Å²) >= 11 is 0.852. The van der Waals surface area contributed by atoms with Crippen molar-refractivity contribution in [2.45, 2.75) is 13.0 Å². The molecule has 0 saturated carbocycles. The number of amides is 2. The number of aromatic nitrogens is 3. The summed E-state index contributed by atoms with van der Waals surface area (Å²) in [5, 5.41) is 1.88. The minimum atomic E-state index is -0.435. The van der Waals surface area contributed by atoms with E-state index in [1.54, 1.807) is 12.1 Å². The van der Waals surface area contributed by atoms with E-state index in [0.717, 1.165) is 47.9 Å². The lowest BCUT2D eigenvalue weighted by Gasteiger charge is -2.22. The van der Waals surface area contributed by atoms with Crippen LogP contribution in [-0.2, 0) is 11.4 Å². The Labute approximate surface area is 222 Å². The number of carbonyl (C=O) groups excluding carboxylic acids is 2. The zero-order chi connectivity index (χ0) is 25.9. The highest BCUT2D eigenvalue weighted by Gasteiger charge is 2.26. The van der Waals surface area contributed by atoms with Gasteiger partial charge in [-0.3, -0.25) is 14.9 Å². The van der Waals surface area contributed by atoms with Gasteiger partial charge in [-0.15, -0.1) is 0 Å². The van der Waals surface area contributed by atoms with E-state index in [4.69, 9.17) is 14.1 Å². The Morgan fingerprint density at radius 2 is 1.74 bits per heavy atom. The molecule has 38 heavy (non-hydrogen) atoms. The number of rotatable bonds is 6. The fourth-order valence-electron chi connectivity index (χ4n) is 4.31. The van der Waals surface area contributed by atoms with Crippen molar-refractivity contribution in [1.29, 1.82) is 0 Å². The summed E-state index contributed by atoms with van der Waals surface area (Å²) in [5.74, 6) is 0.452. The normalized spacial score (nSPS) is 17.2. The molecule has 0 bridgehead atoms. The highest BCUT2D eigenvalue weighted by atomic mass is 32.2. The van der Waals surface area contributed by atoms with Crippen molar-refractivity contribution in [2.75, 3.05) is 36.0 Å². The summed E-state index contributed by atoms with van der Waals surface area (Å²) in [4.78, 5) is 42.3. The third kappa shape index (κ3) is 5.32. The van der Waals surface area contributed by atoms with Crippen LogP contribution in [0.1, 0.15) is 17.7 Å². The van der Waals surface area contributed by atoms with Gasteiger partial charge in [0.1, 0.15) is 12.1 Å². The lowest BCUT2D eigenvalue weighted by Crippen LogP contribution is -2.32. The van der Waals surface area contributed by atoms with E-state index in [1.807, 2.05) is 54.6 Å². The molecule has 0 aliphatic carbocycles. The second-order valence-electron chi connectivity index (χ2n) is 8.85. The maximum atomic E-state index is 12.1. The minimum Gasteiger partial charge on any atom is -0.473 e. The number of nitrogens with one attached hydrogen (secondary N) is 1. The first-order valence-electron chi connectivity index (χ1n) is 12.3. The first-order valence-corrected chi connectivity index (χ1v) is 13.1. The summed E-state index contributed by atoms with van der Waals surface area (Å²) in [5.41, 5.74) is 3.10. The van der Waals surface area contributed by atoms with Gasteiger partial charge in [0.25, 0.3) is 17.2 Å². The number of para-hydroxylation sites is 2. The molecule has 0 radical (unpaired) electrons. The van der Waals surface area contributed by atoms with Crippen LogP contribution in [0, 0.1) is 0 Å². The molecule has 10 nitrogen and oxygen atoms in total. The van der Waals surface area contributed by atoms with Gasteiger partial charge < -0.3 is 19.0 Å². The average Bonchev–Trinajstić information content (AvgIpc) is 3.39. The van der Waals surface area contributed by atoms with Crippen molar-refractivity contribution < 1.29 is 18.7 Å². The summed E-state index contributed by atoms with van der Waals surface area (Å²) in [6, 6.07) is 19.8. The Morgan fingerprint density at radius 3 is 2.55 bits per heavy atom. The Hall–Kier alpha value is -4.38. The van der Waals surface area contributed by atoms with Gasteiger partial charge in [0.05, 0.1) is 10.6 Å². The zero-order valence-electron chi connectivity index (χ0n) is 20.4. The van der Waals surface area contributed by atoms with Crippen LogP contribution < -0.4 is 19.9 Å². The van der Waals surface area contributed by atoms with Gasteiger partial charge in [-0.1, -0.05) is 42.5 Å². The molecule has 2 aliphatic rings. The van der Waals surface area contributed by atoms with Gasteiger partial charge >= 0.3 is 0 Å². The Kier molecular flexibility index (Phi) is 6.65. The largest absolute Gasteiger partial charge is 0.473 e. The fourth-order valence-corrected chi connectivity index (χ4v) is 4.98. The predicted molar refractivity (Wildman–Crippen MR) is 145 cm³/mol. The second-order valence-corrected chi connectivity index (χ2v) is 9.86. The second kappa shape index (κ2) is 10.5. The topological polar surface area (TPSA) is 114 Å². The molecule has 6 rings (SSSR count). The molecule has 2 saturated heterocycles. The molecule has 0 spiro atoms. The van der Waals surface area contributed by atoms with Crippen LogP contribution in [0.4, 0.5) is 16.8 Å². The number of ether oxygens (including phenoxy) is 1. The Morgan fingerprint density at radius 1 is 0.947 bits per heavy atom. The summed E-state index contributed by atoms with van der Waals surface area (Å²) < 4.78 is 12.0. The molecule has 2 aliphatic heterocycles. The van der Waals surface area contributed by atoms with Crippen LogP contribution in [0.5, 0.6) is 5.88 Å². The van der Waals surface area contributed by atoms with Crippen molar-refractivity contribution >= 4 is 52.0 Å². The third-order valence-electron chi connectivity index (χ3n) is 6.19. The third-order valence-corrected chi connectivity index (χ3v) is 7.00. The van der Waals surface area contributed by atoms with Crippen molar-refractivity contribution in [2.24, 2.45) is 0 Å². The molecule has 2 aromatic carbocycles. The maximum Gasteiger partial charge on any atom is 0.298 e. The number of anilines is 2. The van der Waals surface area contributed by atoms with Crippen molar-refractivity contribution in [1.82, 2.24) is 20.3 Å². The van der Waals surface area contributed by atoms with Crippen LogP contribution in [-0.4, -0.2) is 52.3 Å². The minimum absolute atomic E-state index is 0.284. The quantitative estimate of drug-likeness (QED) is 0.365. The van der Waals surface area contributed by atoms with Crippen LogP contribution >= 0.6 is 11.8 Å². The van der Waals surface area contributed by atoms with Crippen LogP contribution in [0.3, 0.4) is 0 Å². The Balaban J connectivity index is 1.25. The van der Waals surface area contributed by atoms with Crippen LogP contribution in [0.2, 0.25) is 0 Å². The molecule has 192 valence electrons. The highest BCUT2D eigenvalue weighted by Crippen LogP contribution is 2.28. The van der Waals surface area contributed by atoms with E-state index in [2.05, 4.69) is 25.1 Å². The number of hydrogen-bond donors (Lipinski definition) is 1. The molecule has 1 N–H and O–H groups in total. The van der Waals surface area contributed by atoms with E-state index in [1.165, 1.54) is 0 Å². The number of thioether (sulfide) groups is 1. The molecular weight excluding hydrogens is 504 g/mol. The molecular formula is C27H24N6O4S. The molecule has 4 aromatic rings. The lowest BCUT2D eigenvalue weighted by molar-refractivity contribution is -0.115. The number of hydrogen-bond acceptors (Lipinski definition) is 10. The van der Waals surface area contributed by atoms with Crippen molar-refractivity contribution in [3.63, 3.8) is 0 Å². The van der Waals surface area contributed by atoms with Gasteiger partial charge in [0.15, 0.2) is 5.58 Å². The van der Waals surface area contributed by atoms with Gasteiger partial charge in [0.2, 0.25) is 11.8 Å². The van der Waals surface area contributed by atoms with E-state index in [0.29, 0.717) is 43.2 Å².